The molecule has 2 unspecified atom stereocenters. The first-order valence-electron chi connectivity index (χ1n) is 14.0. The molecular formula is C31H41NO5S. The molecule has 0 radical (unpaired) electrons. The van der Waals surface area contributed by atoms with E-state index in [4.69, 9.17) is 9.47 Å². The number of carbonyl (C=O) groups excluding carboxylic acids is 2. The van der Waals surface area contributed by atoms with Gasteiger partial charge in [0.05, 0.1) is 5.25 Å². The molecule has 2 aliphatic heterocycles. The number of hydrogen-bond donors (Lipinski definition) is 2. The van der Waals surface area contributed by atoms with Crippen LogP contribution in [0.3, 0.4) is 0 Å². The second-order valence-corrected chi connectivity index (χ2v) is 12.0. The van der Waals surface area contributed by atoms with E-state index in [0.29, 0.717) is 18.8 Å². The van der Waals surface area contributed by atoms with Crippen molar-refractivity contribution in [1.82, 2.24) is 5.32 Å². The van der Waals surface area contributed by atoms with Gasteiger partial charge in [-0.25, -0.2) is 0 Å². The normalized spacial score (nSPS) is 20.7. The summed E-state index contributed by atoms with van der Waals surface area (Å²) in [5.41, 5.74) is 4.49. The molecule has 1 fully saturated rings. The van der Waals surface area contributed by atoms with Crippen LogP contribution in [0.15, 0.2) is 24.3 Å². The van der Waals surface area contributed by atoms with E-state index in [2.05, 4.69) is 12.2 Å². The molecule has 2 aliphatic rings. The minimum atomic E-state index is -0.421. The Labute approximate surface area is 230 Å². The standard InChI is InChI=1S/C31H41NO5S/c1-5-6-7-8-9-10-16-31(17-15-25-22(4)27(33)20(2)21(3)28(25)37-31)19-36-24-13-11-23(12-14-24)18-26-29(34)32-30(35)38-26/h11-14,26,33H,5-10,15-19H2,1-4H3,(H,32,34,35). The summed E-state index contributed by atoms with van der Waals surface area (Å²) < 4.78 is 13.2. The van der Waals surface area contributed by atoms with Gasteiger partial charge in [0.15, 0.2) is 0 Å². The third kappa shape index (κ3) is 6.48. The second-order valence-electron chi connectivity index (χ2n) is 10.9. The van der Waals surface area contributed by atoms with Gasteiger partial charge in [-0.15, -0.1) is 0 Å². The van der Waals surface area contributed by atoms with Crippen molar-refractivity contribution in [3.05, 3.63) is 52.1 Å². The minimum Gasteiger partial charge on any atom is -0.507 e. The van der Waals surface area contributed by atoms with Crippen LogP contribution < -0.4 is 14.8 Å². The Kier molecular flexibility index (Phi) is 9.29. The lowest BCUT2D eigenvalue weighted by molar-refractivity contribution is -0.118. The number of benzene rings is 2. The first kappa shape index (κ1) is 28.3. The molecule has 6 nitrogen and oxygen atoms in total. The van der Waals surface area contributed by atoms with Gasteiger partial charge in [0.2, 0.25) is 5.91 Å². The molecule has 2 aromatic rings. The molecule has 1 saturated heterocycles. The topological polar surface area (TPSA) is 84.9 Å². The average molecular weight is 540 g/mol. The number of nitrogens with one attached hydrogen (secondary N) is 1. The Bertz CT molecular complexity index is 1160. The highest BCUT2D eigenvalue weighted by Crippen LogP contribution is 2.45. The lowest BCUT2D eigenvalue weighted by Gasteiger charge is -2.40. The van der Waals surface area contributed by atoms with Crippen LogP contribution in [0.5, 0.6) is 17.2 Å². The number of ether oxygens (including phenoxy) is 2. The zero-order valence-corrected chi connectivity index (χ0v) is 24.0. The van der Waals surface area contributed by atoms with Crippen LogP contribution in [0.1, 0.15) is 86.1 Å². The zero-order valence-electron chi connectivity index (χ0n) is 23.2. The summed E-state index contributed by atoms with van der Waals surface area (Å²) in [6.07, 6.45) is 10.5. The van der Waals surface area contributed by atoms with Gasteiger partial charge in [-0.3, -0.25) is 14.9 Å². The monoisotopic (exact) mass is 539 g/mol. The molecule has 0 saturated carbocycles. The van der Waals surface area contributed by atoms with Crippen molar-refractivity contribution in [2.24, 2.45) is 0 Å². The van der Waals surface area contributed by atoms with Crippen molar-refractivity contribution < 1.29 is 24.2 Å². The molecular weight excluding hydrogens is 498 g/mol. The molecule has 2 amide bonds. The van der Waals surface area contributed by atoms with Crippen LogP contribution in [0.25, 0.3) is 0 Å². The molecule has 2 atom stereocenters. The zero-order chi connectivity index (χ0) is 27.3. The van der Waals surface area contributed by atoms with Crippen LogP contribution >= 0.6 is 11.8 Å². The van der Waals surface area contributed by atoms with Gasteiger partial charge >= 0.3 is 0 Å². The molecule has 2 heterocycles. The lowest BCUT2D eigenvalue weighted by Crippen LogP contribution is -2.45. The van der Waals surface area contributed by atoms with Crippen molar-refractivity contribution in [3.63, 3.8) is 0 Å². The van der Waals surface area contributed by atoms with Crippen molar-refractivity contribution in [3.8, 4) is 17.2 Å². The number of carbonyl (C=O) groups is 2. The first-order valence-corrected chi connectivity index (χ1v) is 14.8. The fraction of sp³-hybridized carbons (Fsp3) is 0.548. The van der Waals surface area contributed by atoms with Crippen LogP contribution in [0.4, 0.5) is 4.79 Å². The van der Waals surface area contributed by atoms with Gasteiger partial charge < -0.3 is 14.6 Å². The Morgan fingerprint density at radius 2 is 1.74 bits per heavy atom. The van der Waals surface area contributed by atoms with E-state index in [9.17, 15) is 14.7 Å². The van der Waals surface area contributed by atoms with E-state index in [1.165, 1.54) is 32.1 Å². The molecule has 2 aromatic carbocycles. The highest BCUT2D eigenvalue weighted by molar-refractivity contribution is 8.15. The molecule has 0 aliphatic carbocycles. The highest BCUT2D eigenvalue weighted by atomic mass is 32.2. The Morgan fingerprint density at radius 1 is 1.03 bits per heavy atom. The van der Waals surface area contributed by atoms with Crippen molar-refractivity contribution in [2.45, 2.75) is 103 Å². The predicted molar refractivity (Wildman–Crippen MR) is 153 cm³/mol. The molecule has 4 rings (SSSR count). The summed E-state index contributed by atoms with van der Waals surface area (Å²) in [5.74, 6) is 1.83. The molecule has 2 N–H and O–H groups in total. The summed E-state index contributed by atoms with van der Waals surface area (Å²) >= 11 is 1.05. The summed E-state index contributed by atoms with van der Waals surface area (Å²) in [5, 5.41) is 12.3. The third-order valence-electron chi connectivity index (χ3n) is 8.09. The third-order valence-corrected chi connectivity index (χ3v) is 9.07. The predicted octanol–water partition coefficient (Wildman–Crippen LogP) is 7.10. The number of phenolic OH excluding ortho intramolecular Hbond substituents is 1. The maximum Gasteiger partial charge on any atom is 0.286 e. The SMILES string of the molecule is CCCCCCCCC1(COc2ccc(CC3SC(=O)NC3=O)cc2)CCc2c(C)c(O)c(C)c(C)c2O1. The number of hydrogen-bond acceptors (Lipinski definition) is 6. The number of imide groups is 1. The van der Waals surface area contributed by atoms with Gasteiger partial charge in [-0.2, -0.15) is 0 Å². The molecule has 0 spiro atoms. The number of rotatable bonds is 12. The fourth-order valence-corrected chi connectivity index (χ4v) is 6.34. The van der Waals surface area contributed by atoms with Crippen molar-refractivity contribution >= 4 is 22.9 Å². The van der Waals surface area contributed by atoms with Crippen molar-refractivity contribution in [2.75, 3.05) is 6.61 Å². The van der Waals surface area contributed by atoms with Gasteiger partial charge in [-0.1, -0.05) is 62.9 Å². The molecule has 0 bridgehead atoms. The molecule has 38 heavy (non-hydrogen) atoms. The maximum absolute atomic E-state index is 11.9. The van der Waals surface area contributed by atoms with E-state index >= 15 is 0 Å². The van der Waals surface area contributed by atoms with Gasteiger partial charge in [0, 0.05) is 5.56 Å². The summed E-state index contributed by atoms with van der Waals surface area (Å²) in [6, 6.07) is 7.79. The number of aromatic hydroxyl groups is 1. The van der Waals surface area contributed by atoms with Gasteiger partial charge in [-0.05, 0) is 87.3 Å². The smallest absolute Gasteiger partial charge is 0.286 e. The summed E-state index contributed by atoms with van der Waals surface area (Å²) in [4.78, 5) is 23.3. The second kappa shape index (κ2) is 12.5. The number of amides is 2. The first-order chi connectivity index (χ1) is 18.2. The average Bonchev–Trinajstić information content (AvgIpc) is 3.23. The number of phenols is 1. The van der Waals surface area contributed by atoms with Gasteiger partial charge in [0.1, 0.15) is 29.5 Å². The van der Waals surface area contributed by atoms with Crippen LogP contribution in [0, 0.1) is 20.8 Å². The summed E-state index contributed by atoms with van der Waals surface area (Å²) in [7, 11) is 0. The van der Waals surface area contributed by atoms with Crippen LogP contribution in [-0.4, -0.2) is 33.7 Å². The van der Waals surface area contributed by atoms with E-state index in [1.807, 2.05) is 45.0 Å². The number of unbranched alkanes of at least 4 members (excludes halogenated alkanes) is 5. The van der Waals surface area contributed by atoms with Crippen LogP contribution in [0.2, 0.25) is 0 Å². The van der Waals surface area contributed by atoms with E-state index < -0.39 is 5.60 Å². The summed E-state index contributed by atoms with van der Waals surface area (Å²) in [6.45, 7) is 8.65. The number of fused-ring (bicyclic) bond motifs is 1. The lowest BCUT2D eigenvalue weighted by atomic mass is 9.83. The Morgan fingerprint density at radius 3 is 2.42 bits per heavy atom. The maximum atomic E-state index is 11.9. The largest absolute Gasteiger partial charge is 0.507 e. The highest BCUT2D eigenvalue weighted by Gasteiger charge is 2.39. The van der Waals surface area contributed by atoms with E-state index in [0.717, 1.165) is 76.8 Å². The Balaban J connectivity index is 1.45. The quantitative estimate of drug-likeness (QED) is 0.280. The Hall–Kier alpha value is -2.67. The van der Waals surface area contributed by atoms with E-state index in [1.54, 1.807) is 0 Å². The number of thioether (sulfide) groups is 1. The minimum absolute atomic E-state index is 0.222. The van der Waals surface area contributed by atoms with Gasteiger partial charge in [0.25, 0.3) is 5.24 Å². The van der Waals surface area contributed by atoms with E-state index in [-0.39, 0.29) is 16.4 Å². The molecule has 206 valence electrons. The molecule has 0 aromatic heterocycles. The van der Waals surface area contributed by atoms with Crippen LogP contribution in [-0.2, 0) is 17.6 Å². The fourth-order valence-electron chi connectivity index (χ4n) is 5.48. The molecule has 7 heteroatoms. The van der Waals surface area contributed by atoms with Crippen molar-refractivity contribution in [1.29, 1.82) is 0 Å².